The number of aromatic nitrogens is 4. The monoisotopic (exact) mass is 345 g/mol. The number of anilines is 1. The molecule has 4 rings (SSSR count). The Morgan fingerprint density at radius 3 is 2.72 bits per heavy atom. The highest BCUT2D eigenvalue weighted by Crippen LogP contribution is 2.39. The van der Waals surface area contributed by atoms with Gasteiger partial charge in [0.05, 0.1) is 17.8 Å². The largest absolute Gasteiger partial charge is 0.477 e. The molecule has 0 spiro atoms. The fourth-order valence-electron chi connectivity index (χ4n) is 3.99. The van der Waals surface area contributed by atoms with Crippen molar-refractivity contribution in [3.05, 3.63) is 33.4 Å². The molecule has 0 saturated heterocycles. The molecule has 0 radical (unpaired) electrons. The second-order valence-electron chi connectivity index (χ2n) is 6.68. The Balaban J connectivity index is 1.82. The van der Waals surface area contributed by atoms with Gasteiger partial charge in [-0.2, -0.15) is 5.10 Å². The highest BCUT2D eigenvalue weighted by atomic mass is 16.4. The van der Waals surface area contributed by atoms with Crippen molar-refractivity contribution >= 4 is 17.7 Å². The van der Waals surface area contributed by atoms with Gasteiger partial charge in [0.2, 0.25) is 5.91 Å². The van der Waals surface area contributed by atoms with Gasteiger partial charge in [0, 0.05) is 17.9 Å². The number of carbonyl (C=O) groups is 2. The molecule has 1 unspecified atom stereocenters. The van der Waals surface area contributed by atoms with Crippen LogP contribution in [0.3, 0.4) is 0 Å². The number of nitrogens with zero attached hydrogens (tertiary/aromatic N) is 2. The van der Waals surface area contributed by atoms with E-state index in [4.69, 9.17) is 0 Å². The summed E-state index contributed by atoms with van der Waals surface area (Å²) in [6.45, 7) is 0. The maximum Gasteiger partial charge on any atom is 0.354 e. The number of carboxylic acids is 1. The van der Waals surface area contributed by atoms with Gasteiger partial charge >= 0.3 is 5.97 Å². The predicted molar refractivity (Wildman–Crippen MR) is 87.8 cm³/mol. The molecule has 1 atom stereocenters. The number of nitrogens with one attached hydrogen (secondary N) is 3. The molecule has 132 valence electrons. The Morgan fingerprint density at radius 2 is 2.00 bits per heavy atom. The normalized spacial score (nSPS) is 21.0. The highest BCUT2D eigenvalue weighted by Gasteiger charge is 2.36. The second kappa shape index (κ2) is 5.91. The van der Waals surface area contributed by atoms with Crippen molar-refractivity contribution < 1.29 is 14.7 Å². The molecule has 1 saturated carbocycles. The molecule has 1 aliphatic heterocycles. The molecular formula is C16H19N5O4. The third-order valence-corrected chi connectivity index (χ3v) is 5.16. The van der Waals surface area contributed by atoms with E-state index in [0.717, 1.165) is 25.7 Å². The molecule has 3 heterocycles. The van der Waals surface area contributed by atoms with Crippen LogP contribution in [0.15, 0.2) is 11.0 Å². The van der Waals surface area contributed by atoms with E-state index in [0.29, 0.717) is 16.9 Å². The van der Waals surface area contributed by atoms with Crippen molar-refractivity contribution in [2.45, 2.75) is 50.5 Å². The van der Waals surface area contributed by atoms with Gasteiger partial charge in [-0.1, -0.05) is 19.3 Å². The van der Waals surface area contributed by atoms with Crippen LogP contribution in [0.5, 0.6) is 0 Å². The van der Waals surface area contributed by atoms with Crippen LogP contribution < -0.4 is 10.9 Å². The number of H-pyrrole nitrogens is 2. The van der Waals surface area contributed by atoms with Crippen LogP contribution in [-0.2, 0) is 4.79 Å². The van der Waals surface area contributed by atoms with Crippen molar-refractivity contribution in [2.24, 2.45) is 0 Å². The smallest absolute Gasteiger partial charge is 0.354 e. The summed E-state index contributed by atoms with van der Waals surface area (Å²) in [5.41, 5.74) is 0.392. The van der Waals surface area contributed by atoms with Gasteiger partial charge in [-0.3, -0.25) is 24.5 Å². The van der Waals surface area contributed by atoms with Crippen molar-refractivity contribution in [1.82, 2.24) is 20.0 Å². The van der Waals surface area contributed by atoms with Gasteiger partial charge in [0.15, 0.2) is 0 Å². The standard InChI is InChI=1S/C16H19N5O4/c22-11-6-9(10-7-17-19-13(10)16(24)25)12-14(18-11)21(20-15(12)23)8-4-2-1-3-5-8/h7-9H,1-6H2,(H,17,19)(H,18,22)(H,20,23)(H,24,25). The summed E-state index contributed by atoms with van der Waals surface area (Å²) in [7, 11) is 0. The fraction of sp³-hybridized carbons (Fsp3) is 0.500. The number of aromatic carboxylic acids is 1. The maximum absolute atomic E-state index is 12.6. The van der Waals surface area contributed by atoms with E-state index in [2.05, 4.69) is 20.6 Å². The Labute approximate surface area is 142 Å². The Kier molecular flexibility index (Phi) is 3.70. The van der Waals surface area contributed by atoms with Crippen LogP contribution in [0.25, 0.3) is 0 Å². The van der Waals surface area contributed by atoms with Gasteiger partial charge in [-0.05, 0) is 12.8 Å². The molecule has 0 bridgehead atoms. The minimum absolute atomic E-state index is 0.0184. The van der Waals surface area contributed by atoms with Gasteiger partial charge < -0.3 is 10.4 Å². The Hall–Kier alpha value is -2.84. The van der Waals surface area contributed by atoms with Gasteiger partial charge in [0.1, 0.15) is 11.5 Å². The molecular weight excluding hydrogens is 326 g/mol. The zero-order valence-electron chi connectivity index (χ0n) is 13.5. The van der Waals surface area contributed by atoms with E-state index in [1.165, 1.54) is 12.6 Å². The lowest BCUT2D eigenvalue weighted by Gasteiger charge is -2.27. The number of carbonyl (C=O) groups excluding carboxylic acids is 1. The summed E-state index contributed by atoms with van der Waals surface area (Å²) in [6, 6.07) is 0.146. The SMILES string of the molecule is O=C1CC(c2cn[nH]c2C(=O)O)c2c(n(C3CCCCC3)[nH]c2=O)N1. The van der Waals surface area contributed by atoms with Crippen LogP contribution in [0.4, 0.5) is 5.82 Å². The molecule has 0 aromatic carbocycles. The molecule has 9 heteroatoms. The van der Waals surface area contributed by atoms with E-state index < -0.39 is 11.9 Å². The Bertz CT molecular complexity index is 887. The van der Waals surface area contributed by atoms with Gasteiger partial charge in [0.25, 0.3) is 5.56 Å². The molecule has 9 nitrogen and oxygen atoms in total. The number of hydrogen-bond acceptors (Lipinski definition) is 4. The summed E-state index contributed by atoms with van der Waals surface area (Å²) in [4.78, 5) is 36.2. The first-order valence-electron chi connectivity index (χ1n) is 8.47. The summed E-state index contributed by atoms with van der Waals surface area (Å²) < 4.78 is 1.77. The lowest BCUT2D eigenvalue weighted by atomic mass is 9.87. The minimum atomic E-state index is -1.16. The topological polar surface area (TPSA) is 133 Å². The molecule has 1 fully saturated rings. The molecule has 2 aromatic heterocycles. The number of hydrogen-bond donors (Lipinski definition) is 4. The fourth-order valence-corrected chi connectivity index (χ4v) is 3.99. The number of aromatic amines is 2. The van der Waals surface area contributed by atoms with Crippen LogP contribution in [0.2, 0.25) is 0 Å². The molecule has 2 aliphatic rings. The second-order valence-corrected chi connectivity index (χ2v) is 6.68. The summed E-state index contributed by atoms with van der Waals surface area (Å²) in [5.74, 6) is -1.56. The van der Waals surface area contributed by atoms with Crippen molar-refractivity contribution in [3.63, 3.8) is 0 Å². The molecule has 2 aromatic rings. The zero-order valence-corrected chi connectivity index (χ0v) is 13.5. The molecule has 1 amide bonds. The number of carboxylic acid groups (broad SMARTS) is 1. The maximum atomic E-state index is 12.6. The highest BCUT2D eigenvalue weighted by molar-refractivity contribution is 5.95. The molecule has 25 heavy (non-hydrogen) atoms. The number of rotatable bonds is 3. The number of fused-ring (bicyclic) bond motifs is 1. The molecule has 4 N–H and O–H groups in total. The third-order valence-electron chi connectivity index (χ3n) is 5.16. The van der Waals surface area contributed by atoms with Crippen molar-refractivity contribution in [1.29, 1.82) is 0 Å². The Morgan fingerprint density at radius 1 is 1.24 bits per heavy atom. The lowest BCUT2D eigenvalue weighted by molar-refractivity contribution is -0.116. The average Bonchev–Trinajstić information content (AvgIpc) is 3.20. The first-order chi connectivity index (χ1) is 12.1. The van der Waals surface area contributed by atoms with E-state index in [1.807, 2.05) is 0 Å². The van der Waals surface area contributed by atoms with E-state index in [-0.39, 0.29) is 29.6 Å². The van der Waals surface area contributed by atoms with Crippen LogP contribution in [0.1, 0.15) is 72.1 Å². The van der Waals surface area contributed by atoms with E-state index in [9.17, 15) is 19.5 Å². The summed E-state index contributed by atoms with van der Waals surface area (Å²) in [5, 5.41) is 21.2. The summed E-state index contributed by atoms with van der Waals surface area (Å²) >= 11 is 0. The third kappa shape index (κ3) is 2.55. The minimum Gasteiger partial charge on any atom is -0.477 e. The lowest BCUT2D eigenvalue weighted by Crippen LogP contribution is -2.28. The quantitative estimate of drug-likeness (QED) is 0.670. The predicted octanol–water partition coefficient (Wildman–Crippen LogP) is 1.58. The first kappa shape index (κ1) is 15.7. The van der Waals surface area contributed by atoms with E-state index >= 15 is 0 Å². The number of amides is 1. The van der Waals surface area contributed by atoms with Crippen molar-refractivity contribution in [2.75, 3.05) is 5.32 Å². The van der Waals surface area contributed by atoms with E-state index in [1.54, 1.807) is 4.68 Å². The zero-order chi connectivity index (χ0) is 17.6. The summed E-state index contributed by atoms with van der Waals surface area (Å²) in [6.07, 6.45) is 6.64. The molecule has 1 aliphatic carbocycles. The van der Waals surface area contributed by atoms with Crippen LogP contribution in [-0.4, -0.2) is 37.0 Å². The van der Waals surface area contributed by atoms with Gasteiger partial charge in [-0.25, -0.2) is 4.79 Å². The average molecular weight is 345 g/mol. The van der Waals surface area contributed by atoms with Crippen LogP contribution >= 0.6 is 0 Å². The van der Waals surface area contributed by atoms with Crippen LogP contribution in [0, 0.1) is 0 Å². The first-order valence-corrected chi connectivity index (χ1v) is 8.47. The van der Waals surface area contributed by atoms with Gasteiger partial charge in [-0.15, -0.1) is 0 Å². The van der Waals surface area contributed by atoms with Crippen molar-refractivity contribution in [3.8, 4) is 0 Å².